The number of hydrogen-bond donors (Lipinski definition) is 3. The van der Waals surface area contributed by atoms with E-state index in [2.05, 4.69) is 10.6 Å². The van der Waals surface area contributed by atoms with Crippen LogP contribution in [0.3, 0.4) is 0 Å². The second kappa shape index (κ2) is 8.95. The molecule has 6 heteroatoms. The van der Waals surface area contributed by atoms with Gasteiger partial charge in [-0.3, -0.25) is 9.59 Å². The van der Waals surface area contributed by atoms with Crippen LogP contribution in [0.1, 0.15) is 20.3 Å². The van der Waals surface area contributed by atoms with E-state index in [1.54, 1.807) is 7.11 Å². The normalized spacial score (nSPS) is 13.9. The number of carbonyl (C=O) groups excluding carboxylic acids is 2. The molecule has 0 aromatic carbocycles. The molecule has 1 unspecified atom stereocenters. The van der Waals surface area contributed by atoms with Crippen molar-refractivity contribution in [3.8, 4) is 0 Å². The first-order valence-corrected chi connectivity index (χ1v) is 5.81. The van der Waals surface area contributed by atoms with E-state index in [1.807, 2.05) is 13.8 Å². The first-order chi connectivity index (χ1) is 8.02. The molecule has 0 radical (unpaired) electrons. The van der Waals surface area contributed by atoms with Crippen LogP contribution in [0.15, 0.2) is 0 Å². The summed E-state index contributed by atoms with van der Waals surface area (Å²) in [6, 6.07) is -0.563. The van der Waals surface area contributed by atoms with E-state index < -0.39 is 6.04 Å². The van der Waals surface area contributed by atoms with E-state index in [0.717, 1.165) is 6.42 Å². The average molecular weight is 245 g/mol. The van der Waals surface area contributed by atoms with Gasteiger partial charge in [0.1, 0.15) is 0 Å². The minimum Gasteiger partial charge on any atom is -0.383 e. The molecular formula is C11H23N3O3. The van der Waals surface area contributed by atoms with Gasteiger partial charge in [0.25, 0.3) is 0 Å². The van der Waals surface area contributed by atoms with Crippen molar-refractivity contribution in [1.29, 1.82) is 0 Å². The number of ether oxygens (including phenoxy) is 1. The second-order valence-electron chi connectivity index (χ2n) is 3.97. The molecule has 4 N–H and O–H groups in total. The van der Waals surface area contributed by atoms with Gasteiger partial charge < -0.3 is 21.1 Å². The Morgan fingerprint density at radius 1 is 1.35 bits per heavy atom. The van der Waals surface area contributed by atoms with Crippen LogP contribution in [0, 0.1) is 5.92 Å². The SMILES string of the molecule is CCC(C)[C@H](N)C(=O)NCC(=O)NCCOC. The first-order valence-electron chi connectivity index (χ1n) is 5.81. The van der Waals surface area contributed by atoms with Crippen LogP contribution in [-0.4, -0.2) is 44.7 Å². The van der Waals surface area contributed by atoms with Crippen LogP contribution < -0.4 is 16.4 Å². The Kier molecular flexibility index (Phi) is 8.35. The van der Waals surface area contributed by atoms with Crippen LogP contribution in [0.5, 0.6) is 0 Å². The molecule has 2 amide bonds. The molecule has 0 aliphatic heterocycles. The van der Waals surface area contributed by atoms with Crippen LogP contribution in [0.25, 0.3) is 0 Å². The van der Waals surface area contributed by atoms with E-state index in [1.165, 1.54) is 0 Å². The molecule has 0 spiro atoms. The molecule has 0 rings (SSSR count). The van der Waals surface area contributed by atoms with Gasteiger partial charge in [-0.05, 0) is 5.92 Å². The van der Waals surface area contributed by atoms with E-state index >= 15 is 0 Å². The third kappa shape index (κ3) is 6.91. The van der Waals surface area contributed by atoms with Crippen molar-refractivity contribution in [3.63, 3.8) is 0 Å². The number of rotatable bonds is 8. The Balaban J connectivity index is 3.79. The Hall–Kier alpha value is -1.14. The zero-order valence-electron chi connectivity index (χ0n) is 10.8. The van der Waals surface area contributed by atoms with Gasteiger partial charge in [-0.25, -0.2) is 0 Å². The van der Waals surface area contributed by atoms with Crippen molar-refractivity contribution in [2.45, 2.75) is 26.3 Å². The molecule has 0 saturated carbocycles. The van der Waals surface area contributed by atoms with E-state index in [0.29, 0.717) is 13.2 Å². The topological polar surface area (TPSA) is 93.5 Å². The third-order valence-electron chi connectivity index (χ3n) is 2.61. The number of nitrogens with two attached hydrogens (primary N) is 1. The lowest BCUT2D eigenvalue weighted by molar-refractivity contribution is -0.127. The molecular weight excluding hydrogens is 222 g/mol. The highest BCUT2D eigenvalue weighted by Gasteiger charge is 2.19. The fourth-order valence-electron chi connectivity index (χ4n) is 1.15. The minimum absolute atomic E-state index is 0.0489. The van der Waals surface area contributed by atoms with Crippen molar-refractivity contribution < 1.29 is 14.3 Å². The van der Waals surface area contributed by atoms with Crippen LogP contribution in [0.2, 0.25) is 0 Å². The van der Waals surface area contributed by atoms with Crippen molar-refractivity contribution in [2.24, 2.45) is 11.7 Å². The zero-order valence-corrected chi connectivity index (χ0v) is 10.8. The highest BCUT2D eigenvalue weighted by Crippen LogP contribution is 2.04. The summed E-state index contributed by atoms with van der Waals surface area (Å²) in [6.45, 7) is 4.71. The van der Waals surface area contributed by atoms with Crippen LogP contribution in [-0.2, 0) is 14.3 Å². The molecule has 2 atom stereocenters. The maximum atomic E-state index is 11.5. The average Bonchev–Trinajstić information content (AvgIpc) is 2.34. The molecule has 0 aromatic heterocycles. The number of hydrogen-bond acceptors (Lipinski definition) is 4. The van der Waals surface area contributed by atoms with Gasteiger partial charge in [0.15, 0.2) is 0 Å². The number of methoxy groups -OCH3 is 1. The lowest BCUT2D eigenvalue weighted by atomic mass is 9.99. The van der Waals surface area contributed by atoms with Crippen molar-refractivity contribution in [2.75, 3.05) is 26.8 Å². The van der Waals surface area contributed by atoms with E-state index in [4.69, 9.17) is 10.5 Å². The van der Waals surface area contributed by atoms with Crippen molar-refractivity contribution in [3.05, 3.63) is 0 Å². The summed E-state index contributed by atoms with van der Waals surface area (Å²) >= 11 is 0. The van der Waals surface area contributed by atoms with E-state index in [-0.39, 0.29) is 24.3 Å². The Bertz CT molecular complexity index is 246. The zero-order chi connectivity index (χ0) is 13.3. The summed E-state index contributed by atoms with van der Waals surface area (Å²) in [5.74, 6) is -0.431. The van der Waals surface area contributed by atoms with Gasteiger partial charge in [-0.1, -0.05) is 20.3 Å². The summed E-state index contributed by atoms with van der Waals surface area (Å²) in [7, 11) is 1.55. The maximum absolute atomic E-state index is 11.5. The first kappa shape index (κ1) is 15.9. The van der Waals surface area contributed by atoms with Crippen molar-refractivity contribution in [1.82, 2.24) is 10.6 Å². The third-order valence-corrected chi connectivity index (χ3v) is 2.61. The molecule has 0 saturated heterocycles. The number of amides is 2. The largest absolute Gasteiger partial charge is 0.383 e. The van der Waals surface area contributed by atoms with Gasteiger partial charge in [0, 0.05) is 13.7 Å². The van der Waals surface area contributed by atoms with Gasteiger partial charge in [-0.2, -0.15) is 0 Å². The fraction of sp³-hybridized carbons (Fsp3) is 0.818. The lowest BCUT2D eigenvalue weighted by Crippen LogP contribution is -2.47. The van der Waals surface area contributed by atoms with E-state index in [9.17, 15) is 9.59 Å². The molecule has 0 bridgehead atoms. The highest BCUT2D eigenvalue weighted by molar-refractivity contribution is 5.87. The standard InChI is InChI=1S/C11H23N3O3/c1-4-8(2)10(12)11(16)14-7-9(15)13-5-6-17-3/h8,10H,4-7,12H2,1-3H3,(H,13,15)(H,14,16)/t8?,10-/m0/s1. The molecule has 0 aromatic rings. The van der Waals surface area contributed by atoms with Crippen molar-refractivity contribution >= 4 is 11.8 Å². The Morgan fingerprint density at radius 2 is 2.00 bits per heavy atom. The summed E-state index contributed by atoms with van der Waals surface area (Å²) < 4.78 is 4.78. The molecule has 0 heterocycles. The van der Waals surface area contributed by atoms with Crippen LogP contribution in [0.4, 0.5) is 0 Å². The highest BCUT2D eigenvalue weighted by atomic mass is 16.5. The quantitative estimate of drug-likeness (QED) is 0.490. The Labute approximate surface area is 102 Å². The molecule has 0 fully saturated rings. The summed E-state index contributed by atoms with van der Waals surface area (Å²) in [4.78, 5) is 22.8. The second-order valence-corrected chi connectivity index (χ2v) is 3.97. The van der Waals surface area contributed by atoms with Gasteiger partial charge in [-0.15, -0.1) is 0 Å². The molecule has 6 nitrogen and oxygen atoms in total. The summed E-state index contributed by atoms with van der Waals surface area (Å²) in [5, 5.41) is 5.11. The number of nitrogens with one attached hydrogen (secondary N) is 2. The molecule has 17 heavy (non-hydrogen) atoms. The number of carbonyl (C=O) groups is 2. The molecule has 0 aliphatic carbocycles. The predicted octanol–water partition coefficient (Wildman–Crippen LogP) is -0.761. The van der Waals surface area contributed by atoms with Gasteiger partial charge in [0.2, 0.25) is 11.8 Å². The van der Waals surface area contributed by atoms with Crippen LogP contribution >= 0.6 is 0 Å². The monoisotopic (exact) mass is 245 g/mol. The predicted molar refractivity (Wildman–Crippen MR) is 65.3 cm³/mol. The lowest BCUT2D eigenvalue weighted by Gasteiger charge is -2.17. The summed E-state index contributed by atoms with van der Waals surface area (Å²) in [5.41, 5.74) is 5.72. The summed E-state index contributed by atoms with van der Waals surface area (Å²) in [6.07, 6.45) is 0.828. The van der Waals surface area contributed by atoms with Gasteiger partial charge >= 0.3 is 0 Å². The minimum atomic E-state index is -0.563. The van der Waals surface area contributed by atoms with Gasteiger partial charge in [0.05, 0.1) is 19.2 Å². The Morgan fingerprint density at radius 3 is 2.53 bits per heavy atom. The molecule has 0 aliphatic rings. The molecule has 100 valence electrons. The maximum Gasteiger partial charge on any atom is 0.239 e. The smallest absolute Gasteiger partial charge is 0.239 e. The fourth-order valence-corrected chi connectivity index (χ4v) is 1.15.